The van der Waals surface area contributed by atoms with E-state index in [1.165, 1.54) is 0 Å². The van der Waals surface area contributed by atoms with Gasteiger partial charge in [-0.1, -0.05) is 13.8 Å². The fraction of sp³-hybridized carbons (Fsp3) is 0.857. The fourth-order valence-electron chi connectivity index (χ4n) is 2.61. The third-order valence-electron chi connectivity index (χ3n) is 3.03. The van der Waals surface area contributed by atoms with Crippen LogP contribution in [0.5, 0.6) is 0 Å². The summed E-state index contributed by atoms with van der Waals surface area (Å²) in [7, 11) is 0. The van der Waals surface area contributed by atoms with E-state index in [2.05, 4.69) is 0 Å². The normalized spacial score (nSPS) is 20.4. The molecule has 0 saturated heterocycles. The average molecular weight is 256 g/mol. The topological polar surface area (TPSA) is 52.6 Å². The van der Waals surface area contributed by atoms with Gasteiger partial charge in [0, 0.05) is 0 Å². The number of hydrogen-bond acceptors (Lipinski definition) is 4. The highest BCUT2D eigenvalue weighted by Gasteiger charge is 2.62. The first kappa shape index (κ1) is 15.0. The first-order valence-electron chi connectivity index (χ1n) is 6.51. The second-order valence-corrected chi connectivity index (χ2v) is 6.51. The van der Waals surface area contributed by atoms with Crippen molar-refractivity contribution in [3.8, 4) is 0 Å². The van der Waals surface area contributed by atoms with Crippen molar-refractivity contribution in [1.29, 1.82) is 0 Å². The summed E-state index contributed by atoms with van der Waals surface area (Å²) < 4.78 is 10.4. The molecule has 18 heavy (non-hydrogen) atoms. The minimum Gasteiger partial charge on any atom is -0.462 e. The van der Waals surface area contributed by atoms with Crippen LogP contribution in [0.25, 0.3) is 0 Å². The van der Waals surface area contributed by atoms with Crippen molar-refractivity contribution in [3.05, 3.63) is 0 Å². The lowest BCUT2D eigenvalue weighted by Gasteiger charge is -2.49. The van der Waals surface area contributed by atoms with E-state index in [0.717, 1.165) is 0 Å². The predicted octanol–water partition coefficient (Wildman–Crippen LogP) is 2.70. The molecule has 0 aliphatic heterocycles. The molecule has 0 atom stereocenters. The maximum Gasteiger partial charge on any atom is 0.323 e. The van der Waals surface area contributed by atoms with Crippen molar-refractivity contribution in [2.45, 2.75) is 66.6 Å². The lowest BCUT2D eigenvalue weighted by molar-refractivity contribution is -0.193. The Kier molecular flexibility index (Phi) is 4.08. The SMILES string of the molecule is CC(C)OC(=O)C1(C(=O)OC(C)C)CC(C)(C)C1. The molecule has 0 spiro atoms. The molecule has 0 aromatic heterocycles. The summed E-state index contributed by atoms with van der Waals surface area (Å²) in [5, 5.41) is 0. The highest BCUT2D eigenvalue weighted by Crippen LogP contribution is 2.55. The second kappa shape index (κ2) is 4.90. The number of ether oxygens (including phenoxy) is 2. The molecule has 4 nitrogen and oxygen atoms in total. The van der Waals surface area contributed by atoms with Crippen LogP contribution in [0.4, 0.5) is 0 Å². The molecule has 4 heteroatoms. The molecule has 0 unspecified atom stereocenters. The van der Waals surface area contributed by atoms with Gasteiger partial charge in [-0.25, -0.2) is 0 Å². The maximum atomic E-state index is 12.1. The third kappa shape index (κ3) is 3.03. The van der Waals surface area contributed by atoms with Crippen LogP contribution in [-0.2, 0) is 19.1 Å². The standard InChI is InChI=1S/C14H24O4/c1-9(2)17-11(15)14(7-13(5,6)8-14)12(16)18-10(3)4/h9-10H,7-8H2,1-6H3. The molecule has 0 heterocycles. The van der Waals surface area contributed by atoms with Crippen LogP contribution >= 0.6 is 0 Å². The predicted molar refractivity (Wildman–Crippen MR) is 67.9 cm³/mol. The van der Waals surface area contributed by atoms with E-state index in [1.54, 1.807) is 27.7 Å². The second-order valence-electron chi connectivity index (χ2n) is 6.51. The maximum absolute atomic E-state index is 12.1. The Bertz CT molecular complexity index is 310. The van der Waals surface area contributed by atoms with Crippen molar-refractivity contribution in [2.75, 3.05) is 0 Å². The molecule has 1 fully saturated rings. The van der Waals surface area contributed by atoms with Crippen molar-refractivity contribution in [2.24, 2.45) is 10.8 Å². The van der Waals surface area contributed by atoms with E-state index in [9.17, 15) is 9.59 Å². The van der Waals surface area contributed by atoms with Crippen LogP contribution in [0.15, 0.2) is 0 Å². The number of rotatable bonds is 4. The number of carbonyl (C=O) groups is 2. The monoisotopic (exact) mass is 256 g/mol. The molecule has 1 aliphatic rings. The zero-order valence-corrected chi connectivity index (χ0v) is 12.2. The van der Waals surface area contributed by atoms with Gasteiger partial charge in [-0.2, -0.15) is 0 Å². The fourth-order valence-corrected chi connectivity index (χ4v) is 2.61. The van der Waals surface area contributed by atoms with Crippen LogP contribution in [0, 0.1) is 10.8 Å². The summed E-state index contributed by atoms with van der Waals surface area (Å²) in [6.07, 6.45) is 0.559. The smallest absolute Gasteiger partial charge is 0.323 e. The summed E-state index contributed by atoms with van der Waals surface area (Å²) in [5.41, 5.74) is -1.09. The molecule has 0 bridgehead atoms. The van der Waals surface area contributed by atoms with Crippen molar-refractivity contribution in [1.82, 2.24) is 0 Å². The Morgan fingerprint density at radius 2 is 1.22 bits per heavy atom. The molecule has 1 saturated carbocycles. The van der Waals surface area contributed by atoms with Gasteiger partial charge in [0.15, 0.2) is 5.41 Å². The van der Waals surface area contributed by atoms with E-state index in [4.69, 9.17) is 9.47 Å². The zero-order chi connectivity index (χ0) is 14.1. The van der Waals surface area contributed by atoms with Crippen molar-refractivity contribution in [3.63, 3.8) is 0 Å². The van der Waals surface area contributed by atoms with Gasteiger partial charge in [-0.05, 0) is 46.0 Å². The van der Waals surface area contributed by atoms with Gasteiger partial charge in [0.1, 0.15) is 0 Å². The molecule has 0 aromatic carbocycles. The summed E-state index contributed by atoms with van der Waals surface area (Å²) in [5.74, 6) is -0.884. The van der Waals surface area contributed by atoms with Crippen LogP contribution < -0.4 is 0 Å². The molecule has 1 rings (SSSR count). The number of esters is 2. The lowest BCUT2D eigenvalue weighted by atomic mass is 9.54. The van der Waals surface area contributed by atoms with Gasteiger partial charge in [-0.3, -0.25) is 9.59 Å². The van der Waals surface area contributed by atoms with Gasteiger partial charge in [0.2, 0.25) is 0 Å². The van der Waals surface area contributed by atoms with E-state index < -0.39 is 17.4 Å². The minimum atomic E-state index is -1.09. The van der Waals surface area contributed by atoms with Gasteiger partial charge in [0.05, 0.1) is 12.2 Å². The number of carbonyl (C=O) groups excluding carboxylic acids is 2. The Morgan fingerprint density at radius 1 is 0.889 bits per heavy atom. The molecule has 0 N–H and O–H groups in total. The largest absolute Gasteiger partial charge is 0.462 e. The lowest BCUT2D eigenvalue weighted by Crippen LogP contribution is -2.55. The van der Waals surface area contributed by atoms with Gasteiger partial charge in [-0.15, -0.1) is 0 Å². The Labute approximate surface area is 109 Å². The summed E-state index contributed by atoms with van der Waals surface area (Å²) in [6.45, 7) is 11.2. The van der Waals surface area contributed by atoms with Gasteiger partial charge >= 0.3 is 11.9 Å². The van der Waals surface area contributed by atoms with Crippen LogP contribution in [0.1, 0.15) is 54.4 Å². The molecular weight excluding hydrogens is 232 g/mol. The summed E-state index contributed by atoms with van der Waals surface area (Å²) in [4.78, 5) is 24.3. The zero-order valence-electron chi connectivity index (χ0n) is 12.2. The quantitative estimate of drug-likeness (QED) is 0.573. The molecule has 1 aliphatic carbocycles. The van der Waals surface area contributed by atoms with Gasteiger partial charge < -0.3 is 9.47 Å². The van der Waals surface area contributed by atoms with Crippen LogP contribution in [0.3, 0.4) is 0 Å². The Morgan fingerprint density at radius 3 is 1.44 bits per heavy atom. The first-order chi connectivity index (χ1) is 8.09. The van der Waals surface area contributed by atoms with E-state index >= 15 is 0 Å². The van der Waals surface area contributed by atoms with Crippen molar-refractivity contribution >= 4 is 11.9 Å². The Balaban J connectivity index is 2.85. The molecule has 0 amide bonds. The van der Waals surface area contributed by atoms with Crippen LogP contribution in [-0.4, -0.2) is 24.1 Å². The minimum absolute atomic E-state index is 0.00794. The Hall–Kier alpha value is -1.06. The number of hydrogen-bond donors (Lipinski definition) is 0. The van der Waals surface area contributed by atoms with Crippen LogP contribution in [0.2, 0.25) is 0 Å². The van der Waals surface area contributed by atoms with Crippen molar-refractivity contribution < 1.29 is 19.1 Å². The third-order valence-corrected chi connectivity index (χ3v) is 3.03. The van der Waals surface area contributed by atoms with E-state index in [0.29, 0.717) is 12.8 Å². The highest BCUT2D eigenvalue weighted by molar-refractivity contribution is 6.01. The molecule has 104 valence electrons. The van der Waals surface area contributed by atoms with Gasteiger partial charge in [0.25, 0.3) is 0 Å². The van der Waals surface area contributed by atoms with E-state index in [1.807, 2.05) is 13.8 Å². The molecule has 0 radical (unpaired) electrons. The molecular formula is C14H24O4. The highest BCUT2D eigenvalue weighted by atomic mass is 16.6. The summed E-state index contributed by atoms with van der Waals surface area (Å²) >= 11 is 0. The van der Waals surface area contributed by atoms with E-state index in [-0.39, 0.29) is 17.6 Å². The first-order valence-corrected chi connectivity index (χ1v) is 6.51. The average Bonchev–Trinajstić information content (AvgIpc) is 2.10. The molecule has 0 aromatic rings. The summed E-state index contributed by atoms with van der Waals surface area (Å²) in [6, 6.07) is 0.